The van der Waals surface area contributed by atoms with Crippen LogP contribution in [-0.4, -0.2) is 71.5 Å². The number of likely N-dealkylation sites (tertiary alicyclic amines) is 1. The Morgan fingerprint density at radius 2 is 2.03 bits per heavy atom. The van der Waals surface area contributed by atoms with Crippen LogP contribution in [0.25, 0.3) is 0 Å². The lowest BCUT2D eigenvalue weighted by atomic mass is 10.1. The number of amides is 3. The summed E-state index contributed by atoms with van der Waals surface area (Å²) >= 11 is 8.79. The van der Waals surface area contributed by atoms with Crippen LogP contribution in [0.1, 0.15) is 33.0 Å². The van der Waals surface area contributed by atoms with Gasteiger partial charge in [0.2, 0.25) is 11.8 Å². The van der Waals surface area contributed by atoms with Gasteiger partial charge in [-0.25, -0.2) is 0 Å². The highest BCUT2D eigenvalue weighted by Gasteiger charge is 2.41. The number of thioether (sulfide) groups is 1. The van der Waals surface area contributed by atoms with Gasteiger partial charge in [0.1, 0.15) is 6.04 Å². The molecule has 30 heavy (non-hydrogen) atoms. The molecule has 0 spiro atoms. The lowest BCUT2D eigenvalue weighted by Crippen LogP contribution is -2.44. The molecule has 1 unspecified atom stereocenters. The number of primary amides is 1. The number of hydrogen-bond donors (Lipinski definition) is 2. The molecule has 0 bridgehead atoms. The summed E-state index contributed by atoms with van der Waals surface area (Å²) in [5, 5.41) is 2.71. The number of hydrogen-bond acceptors (Lipinski definition) is 6. The van der Waals surface area contributed by atoms with E-state index in [4.69, 9.17) is 17.3 Å². The number of nitrogens with one attached hydrogen (secondary N) is 1. The topological polar surface area (TPSA) is 95.7 Å². The summed E-state index contributed by atoms with van der Waals surface area (Å²) in [6.45, 7) is 2.22. The molecule has 3 amide bonds. The Morgan fingerprint density at radius 1 is 1.27 bits per heavy atom. The molecule has 162 valence electrons. The molecule has 3 aliphatic rings. The van der Waals surface area contributed by atoms with Crippen molar-refractivity contribution in [3.63, 3.8) is 0 Å². The van der Waals surface area contributed by atoms with Gasteiger partial charge < -0.3 is 20.9 Å². The van der Waals surface area contributed by atoms with Gasteiger partial charge in [-0.05, 0) is 44.4 Å². The third-order valence-electron chi connectivity index (χ3n) is 5.87. The Hall–Kier alpha value is -1.55. The molecule has 3 N–H and O–H groups in total. The monoisotopic (exact) mass is 468 g/mol. The second-order valence-electron chi connectivity index (χ2n) is 8.03. The van der Waals surface area contributed by atoms with Crippen LogP contribution in [0.3, 0.4) is 0 Å². The first kappa shape index (κ1) is 21.7. The number of carbonyl (C=O) groups excluding carboxylic acids is 3. The zero-order valence-corrected chi connectivity index (χ0v) is 19.1. The highest BCUT2D eigenvalue weighted by atomic mass is 35.5. The van der Waals surface area contributed by atoms with Crippen LogP contribution in [0.2, 0.25) is 0 Å². The molecule has 1 aromatic heterocycles. The SMILES string of the molecule is CN1CCc2cc(C(=O)N3C[C@H](NC(=O)C4CC=C(Cl)S4)C[C@H]3C(N)=O)sc2CC1. The van der Waals surface area contributed by atoms with E-state index in [0.29, 0.717) is 22.1 Å². The largest absolute Gasteiger partial charge is 0.368 e. The van der Waals surface area contributed by atoms with Crippen molar-refractivity contribution in [3.8, 4) is 0 Å². The van der Waals surface area contributed by atoms with Crippen molar-refractivity contribution in [1.82, 2.24) is 15.1 Å². The van der Waals surface area contributed by atoms with Crippen molar-refractivity contribution in [3.05, 3.63) is 31.8 Å². The standard InChI is InChI=1S/C20H25ClN4O3S2/c1-24-6-4-11-8-16(29-14(11)5-7-24)20(28)25-10-12(9-13(25)18(22)26)23-19(27)15-2-3-17(21)30-15/h3,8,12-13,15H,2,4-7,9-10H2,1H3,(H2,22,26)(H,23,27)/t12-,13+,15?/m1/s1. The Kier molecular flexibility index (Phi) is 6.43. The van der Waals surface area contributed by atoms with Gasteiger partial charge in [0.05, 0.1) is 14.5 Å². The van der Waals surface area contributed by atoms with E-state index < -0.39 is 11.9 Å². The normalized spacial score (nSPS) is 26.8. The predicted octanol–water partition coefficient (Wildman–Crippen LogP) is 1.55. The smallest absolute Gasteiger partial charge is 0.264 e. The number of allylic oxidation sites excluding steroid dienone is 1. The molecule has 0 radical (unpaired) electrons. The maximum Gasteiger partial charge on any atom is 0.264 e. The van der Waals surface area contributed by atoms with Gasteiger partial charge in [-0.15, -0.1) is 23.1 Å². The summed E-state index contributed by atoms with van der Waals surface area (Å²) in [7, 11) is 2.10. The van der Waals surface area contributed by atoms with E-state index in [0.717, 1.165) is 25.9 Å². The Morgan fingerprint density at radius 3 is 2.73 bits per heavy atom. The van der Waals surface area contributed by atoms with Crippen LogP contribution in [-0.2, 0) is 22.4 Å². The van der Waals surface area contributed by atoms with E-state index in [1.54, 1.807) is 0 Å². The first-order valence-corrected chi connectivity index (χ1v) is 12.1. The van der Waals surface area contributed by atoms with Crippen molar-refractivity contribution in [2.24, 2.45) is 5.73 Å². The highest BCUT2D eigenvalue weighted by Crippen LogP contribution is 2.35. The molecule has 3 atom stereocenters. The average molecular weight is 469 g/mol. The molecule has 4 heterocycles. The van der Waals surface area contributed by atoms with Gasteiger partial charge in [-0.3, -0.25) is 14.4 Å². The van der Waals surface area contributed by atoms with Crippen LogP contribution in [0.15, 0.2) is 16.5 Å². The average Bonchev–Trinajstić information content (AvgIpc) is 3.40. The number of nitrogens with zero attached hydrogens (tertiary/aromatic N) is 2. The van der Waals surface area contributed by atoms with Crippen LogP contribution in [0.5, 0.6) is 0 Å². The summed E-state index contributed by atoms with van der Waals surface area (Å²) in [6, 6.07) is 0.952. The zero-order chi connectivity index (χ0) is 21.4. The highest BCUT2D eigenvalue weighted by molar-refractivity contribution is 8.06. The van der Waals surface area contributed by atoms with Crippen molar-refractivity contribution in [2.45, 2.75) is 43.0 Å². The van der Waals surface area contributed by atoms with Crippen LogP contribution < -0.4 is 11.1 Å². The molecule has 1 saturated heterocycles. The first-order chi connectivity index (χ1) is 14.3. The van der Waals surface area contributed by atoms with Gasteiger partial charge in [-0.2, -0.15) is 0 Å². The van der Waals surface area contributed by atoms with Crippen LogP contribution >= 0.6 is 34.7 Å². The molecule has 1 fully saturated rings. The van der Waals surface area contributed by atoms with Gasteiger partial charge in [0.25, 0.3) is 5.91 Å². The van der Waals surface area contributed by atoms with E-state index >= 15 is 0 Å². The zero-order valence-electron chi connectivity index (χ0n) is 16.7. The van der Waals surface area contributed by atoms with E-state index in [2.05, 4.69) is 17.3 Å². The molecule has 0 aromatic carbocycles. The third-order valence-corrected chi connectivity index (χ3v) is 8.60. The summed E-state index contributed by atoms with van der Waals surface area (Å²) in [5.41, 5.74) is 6.81. The fraction of sp³-hybridized carbons (Fsp3) is 0.550. The molecule has 0 aliphatic carbocycles. The number of fused-ring (bicyclic) bond motifs is 1. The van der Waals surface area contributed by atoms with E-state index in [9.17, 15) is 14.4 Å². The minimum atomic E-state index is -0.714. The molecular weight excluding hydrogens is 444 g/mol. The minimum Gasteiger partial charge on any atom is -0.368 e. The van der Waals surface area contributed by atoms with Crippen LogP contribution in [0.4, 0.5) is 0 Å². The van der Waals surface area contributed by atoms with Gasteiger partial charge in [0.15, 0.2) is 0 Å². The number of nitrogens with two attached hydrogens (primary N) is 1. The number of carbonyl (C=O) groups is 3. The summed E-state index contributed by atoms with van der Waals surface area (Å²) in [4.78, 5) is 43.5. The third kappa shape index (κ3) is 4.54. The lowest BCUT2D eigenvalue weighted by molar-refractivity contribution is -0.122. The Balaban J connectivity index is 1.44. The molecule has 10 heteroatoms. The number of likely N-dealkylation sites (N-methyl/N-ethyl adjacent to an activating group) is 1. The van der Waals surface area contributed by atoms with Gasteiger partial charge >= 0.3 is 0 Å². The van der Waals surface area contributed by atoms with E-state index in [1.165, 1.54) is 38.4 Å². The fourth-order valence-corrected chi connectivity index (χ4v) is 6.57. The van der Waals surface area contributed by atoms with Crippen molar-refractivity contribution in [2.75, 3.05) is 26.7 Å². The number of rotatable bonds is 4. The minimum absolute atomic E-state index is 0.124. The van der Waals surface area contributed by atoms with Crippen molar-refractivity contribution < 1.29 is 14.4 Å². The Labute approximate surface area is 189 Å². The fourth-order valence-electron chi connectivity index (χ4n) is 4.17. The first-order valence-electron chi connectivity index (χ1n) is 10.0. The maximum atomic E-state index is 13.2. The van der Waals surface area contributed by atoms with E-state index in [1.807, 2.05) is 12.1 Å². The number of halogens is 1. The molecule has 7 nitrogen and oxygen atoms in total. The summed E-state index contributed by atoms with van der Waals surface area (Å²) in [5.74, 6) is -0.844. The van der Waals surface area contributed by atoms with Crippen molar-refractivity contribution in [1.29, 1.82) is 0 Å². The molecule has 3 aliphatic heterocycles. The molecule has 4 rings (SSSR count). The lowest BCUT2D eigenvalue weighted by Gasteiger charge is -2.21. The number of thiophene rings is 1. The van der Waals surface area contributed by atoms with E-state index in [-0.39, 0.29) is 29.7 Å². The second kappa shape index (κ2) is 8.90. The molecular formula is C20H25ClN4O3S2. The summed E-state index contributed by atoms with van der Waals surface area (Å²) in [6.07, 6.45) is 4.59. The maximum absolute atomic E-state index is 13.2. The second-order valence-corrected chi connectivity index (χ2v) is 11.0. The quantitative estimate of drug-likeness (QED) is 0.699. The van der Waals surface area contributed by atoms with Gasteiger partial charge in [-0.1, -0.05) is 17.7 Å². The summed E-state index contributed by atoms with van der Waals surface area (Å²) < 4.78 is 0.622. The predicted molar refractivity (Wildman–Crippen MR) is 120 cm³/mol. The molecule has 1 aromatic rings. The van der Waals surface area contributed by atoms with Gasteiger partial charge in [0, 0.05) is 30.6 Å². The molecule has 0 saturated carbocycles. The van der Waals surface area contributed by atoms with Crippen LogP contribution in [0, 0.1) is 0 Å². The van der Waals surface area contributed by atoms with Crippen molar-refractivity contribution >= 4 is 52.4 Å². The Bertz CT molecular complexity index is 877.